The molecule has 1 aliphatic rings. The van der Waals surface area contributed by atoms with Crippen molar-refractivity contribution in [2.75, 3.05) is 0 Å². The zero-order chi connectivity index (χ0) is 21.8. The van der Waals surface area contributed by atoms with E-state index in [9.17, 15) is 14.0 Å². The second kappa shape index (κ2) is 9.56. The molecule has 0 atom stereocenters. The molecule has 0 N–H and O–H groups in total. The lowest BCUT2D eigenvalue weighted by Crippen LogP contribution is -2.24. The van der Waals surface area contributed by atoms with Gasteiger partial charge < -0.3 is 0 Å². The molecular weight excluding hydrogens is 415 g/mol. The Balaban J connectivity index is 1.28. The van der Waals surface area contributed by atoms with Crippen LogP contribution in [0.4, 0.5) is 4.39 Å². The minimum atomic E-state index is -0.352. The van der Waals surface area contributed by atoms with Gasteiger partial charge in [0.15, 0.2) is 5.78 Å². The van der Waals surface area contributed by atoms with Gasteiger partial charge >= 0.3 is 0 Å². The fourth-order valence-electron chi connectivity index (χ4n) is 4.25. The van der Waals surface area contributed by atoms with Crippen LogP contribution in [-0.2, 0) is 11.2 Å². The van der Waals surface area contributed by atoms with E-state index in [1.807, 2.05) is 0 Å². The van der Waals surface area contributed by atoms with Gasteiger partial charge in [0.05, 0.1) is 12.1 Å². The summed E-state index contributed by atoms with van der Waals surface area (Å²) in [6, 6.07) is 15.2. The smallest absolute Gasteiger partial charge is 0.163 e. The fraction of sp³-hybridized carbons (Fsp3) is 0.320. The average Bonchev–Trinajstić information content (AvgIpc) is 3.23. The predicted octanol–water partition coefficient (Wildman–Crippen LogP) is 5.86. The highest BCUT2D eigenvalue weighted by molar-refractivity contribution is 6.30. The quantitative estimate of drug-likeness (QED) is 0.434. The van der Waals surface area contributed by atoms with Gasteiger partial charge in [-0.05, 0) is 74.1 Å². The third kappa shape index (κ3) is 5.28. The van der Waals surface area contributed by atoms with Gasteiger partial charge in [0, 0.05) is 29.1 Å². The molecular formula is C25H24ClFN2O2. The Morgan fingerprint density at radius 2 is 1.71 bits per heavy atom. The predicted molar refractivity (Wildman–Crippen MR) is 118 cm³/mol. The molecule has 1 heterocycles. The largest absolute Gasteiger partial charge is 0.299 e. The van der Waals surface area contributed by atoms with Gasteiger partial charge in [0.25, 0.3) is 0 Å². The van der Waals surface area contributed by atoms with Crippen LogP contribution in [-0.4, -0.2) is 21.3 Å². The number of ketones is 2. The van der Waals surface area contributed by atoms with Crippen LogP contribution in [0.1, 0.15) is 48.2 Å². The molecule has 4 nitrogen and oxygen atoms in total. The van der Waals surface area contributed by atoms with Gasteiger partial charge in [0.1, 0.15) is 17.3 Å². The summed E-state index contributed by atoms with van der Waals surface area (Å²) >= 11 is 5.89. The van der Waals surface area contributed by atoms with E-state index in [-0.39, 0.29) is 29.7 Å². The lowest BCUT2D eigenvalue weighted by Gasteiger charge is -2.27. The SMILES string of the molecule is O=C(CC1CCC(C(=O)Cc2ccn(-c3ccccc3F)n2)CC1)c1ccc(Cl)cc1. The van der Waals surface area contributed by atoms with Gasteiger partial charge in [-0.25, -0.2) is 9.07 Å². The number of halogens is 2. The van der Waals surface area contributed by atoms with Crippen LogP contribution >= 0.6 is 11.6 Å². The second-order valence-electron chi connectivity index (χ2n) is 8.20. The number of carbonyl (C=O) groups excluding carboxylic acids is 2. The van der Waals surface area contributed by atoms with Crippen molar-refractivity contribution in [3.63, 3.8) is 0 Å². The number of nitrogens with zero attached hydrogens (tertiary/aromatic N) is 2. The first-order valence-corrected chi connectivity index (χ1v) is 11.0. The lowest BCUT2D eigenvalue weighted by molar-refractivity contribution is -0.123. The lowest BCUT2D eigenvalue weighted by atomic mass is 9.77. The van der Waals surface area contributed by atoms with Gasteiger partial charge in [-0.3, -0.25) is 9.59 Å². The summed E-state index contributed by atoms with van der Waals surface area (Å²) in [6.45, 7) is 0. The molecule has 1 aromatic heterocycles. The van der Waals surface area contributed by atoms with E-state index in [0.29, 0.717) is 34.3 Å². The van der Waals surface area contributed by atoms with Crippen LogP contribution in [0.25, 0.3) is 5.69 Å². The van der Waals surface area contributed by atoms with Crippen molar-refractivity contribution in [2.45, 2.75) is 38.5 Å². The topological polar surface area (TPSA) is 52.0 Å². The molecule has 0 radical (unpaired) electrons. The first kappa shape index (κ1) is 21.4. The average molecular weight is 439 g/mol. The number of para-hydroxylation sites is 1. The van der Waals surface area contributed by atoms with Crippen molar-refractivity contribution in [1.82, 2.24) is 9.78 Å². The van der Waals surface area contributed by atoms with Crippen molar-refractivity contribution in [2.24, 2.45) is 11.8 Å². The third-order valence-electron chi connectivity index (χ3n) is 6.04. The molecule has 0 spiro atoms. The van der Waals surface area contributed by atoms with E-state index in [0.717, 1.165) is 25.7 Å². The molecule has 2 aromatic carbocycles. The maximum atomic E-state index is 13.9. The summed E-state index contributed by atoms with van der Waals surface area (Å²) in [6.07, 6.45) is 5.78. The van der Waals surface area contributed by atoms with Crippen LogP contribution < -0.4 is 0 Å². The molecule has 0 saturated heterocycles. The molecule has 0 unspecified atom stereocenters. The van der Waals surface area contributed by atoms with E-state index in [4.69, 9.17) is 11.6 Å². The van der Waals surface area contributed by atoms with Crippen LogP contribution in [0.3, 0.4) is 0 Å². The number of Topliss-reactive ketones (excluding diaryl/α,β-unsaturated/α-hetero) is 2. The molecule has 31 heavy (non-hydrogen) atoms. The zero-order valence-corrected chi connectivity index (χ0v) is 17.9. The molecule has 160 valence electrons. The Bertz CT molecular complexity index is 1070. The summed E-state index contributed by atoms with van der Waals surface area (Å²) in [4.78, 5) is 25.2. The summed E-state index contributed by atoms with van der Waals surface area (Å²) in [7, 11) is 0. The minimum Gasteiger partial charge on any atom is -0.299 e. The molecule has 1 aliphatic carbocycles. The van der Waals surface area contributed by atoms with Crippen molar-refractivity contribution in [1.29, 1.82) is 0 Å². The van der Waals surface area contributed by atoms with E-state index >= 15 is 0 Å². The second-order valence-corrected chi connectivity index (χ2v) is 8.63. The van der Waals surface area contributed by atoms with Crippen molar-refractivity contribution >= 4 is 23.2 Å². The zero-order valence-electron chi connectivity index (χ0n) is 17.1. The maximum absolute atomic E-state index is 13.9. The number of hydrogen-bond acceptors (Lipinski definition) is 3. The summed E-state index contributed by atoms with van der Waals surface area (Å²) < 4.78 is 15.4. The van der Waals surface area contributed by atoms with Crippen LogP contribution in [0.2, 0.25) is 5.02 Å². The summed E-state index contributed by atoms with van der Waals surface area (Å²) in [5, 5.41) is 4.99. The first-order valence-electron chi connectivity index (χ1n) is 10.6. The van der Waals surface area contributed by atoms with E-state index in [1.165, 1.54) is 10.7 Å². The summed E-state index contributed by atoms with van der Waals surface area (Å²) in [5.41, 5.74) is 1.70. The molecule has 0 bridgehead atoms. The Kier molecular flexibility index (Phi) is 6.62. The van der Waals surface area contributed by atoms with Crippen molar-refractivity contribution in [3.05, 3.63) is 82.9 Å². The van der Waals surface area contributed by atoms with Crippen molar-refractivity contribution < 1.29 is 14.0 Å². The molecule has 6 heteroatoms. The van der Waals surface area contributed by atoms with E-state index in [2.05, 4.69) is 5.10 Å². The Morgan fingerprint density at radius 3 is 2.42 bits per heavy atom. The number of aromatic nitrogens is 2. The molecule has 0 amide bonds. The number of benzene rings is 2. The van der Waals surface area contributed by atoms with Crippen LogP contribution in [0.5, 0.6) is 0 Å². The summed E-state index contributed by atoms with van der Waals surface area (Å²) in [5.74, 6) is 0.259. The number of carbonyl (C=O) groups is 2. The van der Waals surface area contributed by atoms with E-state index < -0.39 is 0 Å². The third-order valence-corrected chi connectivity index (χ3v) is 6.29. The van der Waals surface area contributed by atoms with Crippen LogP contribution in [0.15, 0.2) is 60.8 Å². The normalized spacial score (nSPS) is 18.6. The first-order chi connectivity index (χ1) is 15.0. The number of rotatable bonds is 7. The van der Waals surface area contributed by atoms with Crippen molar-refractivity contribution in [3.8, 4) is 5.69 Å². The fourth-order valence-corrected chi connectivity index (χ4v) is 4.38. The van der Waals surface area contributed by atoms with E-state index in [1.54, 1.807) is 54.7 Å². The Labute approximate surface area is 186 Å². The monoisotopic (exact) mass is 438 g/mol. The minimum absolute atomic E-state index is 0.000459. The van der Waals surface area contributed by atoms with Gasteiger partial charge in [-0.2, -0.15) is 5.10 Å². The van der Waals surface area contributed by atoms with Gasteiger partial charge in [0.2, 0.25) is 0 Å². The molecule has 1 fully saturated rings. The Morgan fingerprint density at radius 1 is 1.00 bits per heavy atom. The highest BCUT2D eigenvalue weighted by Gasteiger charge is 2.28. The highest BCUT2D eigenvalue weighted by atomic mass is 35.5. The maximum Gasteiger partial charge on any atom is 0.163 e. The van der Waals surface area contributed by atoms with Crippen LogP contribution in [0, 0.1) is 17.7 Å². The standard InChI is InChI=1S/C25H24ClFN2O2/c26-20-11-9-19(10-12-20)24(30)15-17-5-7-18(8-6-17)25(31)16-21-13-14-29(28-21)23-4-2-1-3-22(23)27/h1-4,9-14,17-18H,5-8,15-16H2. The van der Waals surface area contributed by atoms with Gasteiger partial charge in [-0.1, -0.05) is 23.7 Å². The molecule has 0 aliphatic heterocycles. The molecule has 3 aromatic rings. The van der Waals surface area contributed by atoms with Gasteiger partial charge in [-0.15, -0.1) is 0 Å². The highest BCUT2D eigenvalue weighted by Crippen LogP contribution is 2.33. The molecule has 4 rings (SSSR count). The number of hydrogen-bond donors (Lipinski definition) is 0. The Hall–Kier alpha value is -2.79. The molecule has 1 saturated carbocycles.